The fraction of sp³-hybridized carbons (Fsp3) is 0.333. The summed E-state index contributed by atoms with van der Waals surface area (Å²) in [5.74, 6) is 0.744. The first kappa shape index (κ1) is 15.3. The Labute approximate surface area is 127 Å². The lowest BCUT2D eigenvalue weighted by molar-refractivity contribution is 0.0929. The number of hydrogen-bond donors (Lipinski definition) is 1. The average Bonchev–Trinajstić information content (AvgIpc) is 3.05. The summed E-state index contributed by atoms with van der Waals surface area (Å²) in [5, 5.41) is 5.77. The third-order valence-corrected chi connectivity index (χ3v) is 4.01. The second-order valence-electron chi connectivity index (χ2n) is 4.34. The quantitative estimate of drug-likeness (QED) is 0.891. The van der Waals surface area contributed by atoms with Gasteiger partial charge in [0.05, 0.1) is 20.3 Å². The van der Waals surface area contributed by atoms with Gasteiger partial charge in [-0.3, -0.25) is 4.79 Å². The maximum Gasteiger partial charge on any atom is 0.259 e. The normalized spacial score (nSPS) is 11.8. The fourth-order valence-corrected chi connectivity index (χ4v) is 2.82. The monoisotopic (exact) mass is 306 g/mol. The molecule has 0 unspecified atom stereocenters. The Kier molecular flexibility index (Phi) is 5.16. The first-order valence-corrected chi connectivity index (χ1v) is 7.50. The second-order valence-corrected chi connectivity index (χ2v) is 5.27. The van der Waals surface area contributed by atoms with Crippen LogP contribution in [0.3, 0.4) is 0 Å². The average molecular weight is 306 g/mol. The predicted octanol–water partition coefficient (Wildman–Crippen LogP) is 3.04. The maximum absolute atomic E-state index is 12.6. The van der Waals surface area contributed by atoms with E-state index in [9.17, 15) is 4.79 Å². The molecule has 2 aromatic rings. The molecule has 0 aliphatic rings. The van der Waals surface area contributed by atoms with Gasteiger partial charge in [0.15, 0.2) is 0 Å². The predicted molar refractivity (Wildman–Crippen MR) is 82.2 cm³/mol. The smallest absolute Gasteiger partial charge is 0.259 e. The van der Waals surface area contributed by atoms with E-state index in [1.807, 2.05) is 12.3 Å². The summed E-state index contributed by atoms with van der Waals surface area (Å²) in [6.45, 7) is 2.01. The largest absolute Gasteiger partial charge is 0.496 e. The Morgan fingerprint density at radius 2 is 2.00 bits per heavy atom. The lowest BCUT2D eigenvalue weighted by Gasteiger charge is -2.17. The standard InChI is InChI=1S/C15H18N2O3S/c1-4-10(15-16-8-9-21-15)17-14(18)13-11(19-2)6-5-7-12(13)20-3/h5-10H,4H2,1-3H3,(H,17,18)/t10-/m1/s1. The van der Waals surface area contributed by atoms with Crippen LogP contribution >= 0.6 is 11.3 Å². The molecule has 0 aliphatic heterocycles. The highest BCUT2D eigenvalue weighted by atomic mass is 32.1. The molecule has 0 saturated carbocycles. The molecule has 112 valence electrons. The molecule has 6 heteroatoms. The van der Waals surface area contributed by atoms with E-state index in [0.717, 1.165) is 11.4 Å². The van der Waals surface area contributed by atoms with E-state index in [-0.39, 0.29) is 11.9 Å². The summed E-state index contributed by atoms with van der Waals surface area (Å²) in [5.41, 5.74) is 0.400. The minimum absolute atomic E-state index is 0.118. The third-order valence-electron chi connectivity index (χ3n) is 3.12. The van der Waals surface area contributed by atoms with Gasteiger partial charge in [0.2, 0.25) is 0 Å². The highest BCUT2D eigenvalue weighted by molar-refractivity contribution is 7.09. The number of nitrogens with zero attached hydrogens (tertiary/aromatic N) is 1. The van der Waals surface area contributed by atoms with Crippen LogP contribution in [0.5, 0.6) is 11.5 Å². The molecule has 0 aliphatic carbocycles. The van der Waals surface area contributed by atoms with Crippen LogP contribution < -0.4 is 14.8 Å². The number of benzene rings is 1. The van der Waals surface area contributed by atoms with Gasteiger partial charge in [-0.1, -0.05) is 13.0 Å². The topological polar surface area (TPSA) is 60.5 Å². The van der Waals surface area contributed by atoms with Crippen LogP contribution in [-0.2, 0) is 0 Å². The summed E-state index contributed by atoms with van der Waals surface area (Å²) in [6.07, 6.45) is 2.50. The number of carbonyl (C=O) groups is 1. The first-order valence-electron chi connectivity index (χ1n) is 6.62. The molecule has 21 heavy (non-hydrogen) atoms. The Morgan fingerprint density at radius 3 is 2.48 bits per heavy atom. The van der Waals surface area contributed by atoms with Gasteiger partial charge in [0.1, 0.15) is 22.1 Å². The third kappa shape index (κ3) is 3.33. The van der Waals surface area contributed by atoms with Crippen molar-refractivity contribution in [2.45, 2.75) is 19.4 Å². The van der Waals surface area contributed by atoms with Gasteiger partial charge in [-0.05, 0) is 18.6 Å². The molecule has 0 saturated heterocycles. The molecular weight excluding hydrogens is 288 g/mol. The molecule has 1 N–H and O–H groups in total. The summed E-state index contributed by atoms with van der Waals surface area (Å²) in [7, 11) is 3.06. The molecular formula is C15H18N2O3S. The van der Waals surface area contributed by atoms with E-state index in [2.05, 4.69) is 10.3 Å². The summed E-state index contributed by atoms with van der Waals surface area (Å²) in [6, 6.07) is 5.14. The fourth-order valence-electron chi connectivity index (χ4n) is 2.05. The van der Waals surface area contributed by atoms with Gasteiger partial charge < -0.3 is 14.8 Å². The van der Waals surface area contributed by atoms with E-state index in [1.165, 1.54) is 25.6 Å². The molecule has 1 amide bonds. The molecule has 1 heterocycles. The van der Waals surface area contributed by atoms with Crippen molar-refractivity contribution >= 4 is 17.2 Å². The molecule has 0 radical (unpaired) electrons. The molecule has 1 aromatic heterocycles. The van der Waals surface area contributed by atoms with Gasteiger partial charge in [-0.25, -0.2) is 4.98 Å². The zero-order valence-corrected chi connectivity index (χ0v) is 13.1. The summed E-state index contributed by atoms with van der Waals surface area (Å²) in [4.78, 5) is 16.8. The van der Waals surface area contributed by atoms with Crippen molar-refractivity contribution < 1.29 is 14.3 Å². The first-order chi connectivity index (χ1) is 10.2. The SMILES string of the molecule is CC[C@@H](NC(=O)c1c(OC)cccc1OC)c1nccs1. The van der Waals surface area contributed by atoms with Crippen LogP contribution in [0.2, 0.25) is 0 Å². The minimum atomic E-state index is -0.230. The molecule has 5 nitrogen and oxygen atoms in total. The Hall–Kier alpha value is -2.08. The number of carbonyl (C=O) groups excluding carboxylic acids is 1. The maximum atomic E-state index is 12.6. The van der Waals surface area contributed by atoms with Crippen molar-refractivity contribution in [3.8, 4) is 11.5 Å². The number of methoxy groups -OCH3 is 2. The lowest BCUT2D eigenvalue weighted by Crippen LogP contribution is -2.28. The number of nitrogens with one attached hydrogen (secondary N) is 1. The van der Waals surface area contributed by atoms with E-state index >= 15 is 0 Å². The molecule has 0 spiro atoms. The highest BCUT2D eigenvalue weighted by Crippen LogP contribution is 2.29. The van der Waals surface area contributed by atoms with Gasteiger partial charge >= 0.3 is 0 Å². The van der Waals surface area contributed by atoms with Crippen molar-refractivity contribution in [3.63, 3.8) is 0 Å². The molecule has 1 aromatic carbocycles. The molecule has 0 bridgehead atoms. The number of hydrogen-bond acceptors (Lipinski definition) is 5. The Bertz CT molecular complexity index is 577. The number of thiazole rings is 1. The summed E-state index contributed by atoms with van der Waals surface area (Å²) < 4.78 is 10.5. The van der Waals surface area contributed by atoms with Crippen molar-refractivity contribution in [2.24, 2.45) is 0 Å². The van der Waals surface area contributed by atoms with Gasteiger partial charge in [0, 0.05) is 11.6 Å². The Balaban J connectivity index is 2.27. The van der Waals surface area contributed by atoms with Crippen LogP contribution in [-0.4, -0.2) is 25.1 Å². The lowest BCUT2D eigenvalue weighted by atomic mass is 10.1. The van der Waals surface area contributed by atoms with E-state index in [0.29, 0.717) is 17.1 Å². The van der Waals surface area contributed by atoms with E-state index in [4.69, 9.17) is 9.47 Å². The number of amides is 1. The van der Waals surface area contributed by atoms with Crippen LogP contribution in [0.4, 0.5) is 0 Å². The van der Waals surface area contributed by atoms with Gasteiger partial charge in [0.25, 0.3) is 5.91 Å². The van der Waals surface area contributed by atoms with Crippen LogP contribution in [0.1, 0.15) is 34.8 Å². The van der Waals surface area contributed by atoms with Crippen LogP contribution in [0.15, 0.2) is 29.8 Å². The highest BCUT2D eigenvalue weighted by Gasteiger charge is 2.22. The number of ether oxygens (including phenoxy) is 2. The zero-order valence-electron chi connectivity index (χ0n) is 12.3. The van der Waals surface area contributed by atoms with Gasteiger partial charge in [-0.15, -0.1) is 11.3 Å². The van der Waals surface area contributed by atoms with Crippen molar-refractivity contribution in [1.82, 2.24) is 10.3 Å². The molecule has 0 fully saturated rings. The second kappa shape index (κ2) is 7.08. The number of aromatic nitrogens is 1. The Morgan fingerprint density at radius 1 is 1.33 bits per heavy atom. The summed E-state index contributed by atoms with van der Waals surface area (Å²) >= 11 is 1.52. The molecule has 2 rings (SSSR count). The minimum Gasteiger partial charge on any atom is -0.496 e. The van der Waals surface area contributed by atoms with Crippen molar-refractivity contribution in [1.29, 1.82) is 0 Å². The van der Waals surface area contributed by atoms with Crippen molar-refractivity contribution in [2.75, 3.05) is 14.2 Å². The number of rotatable bonds is 6. The van der Waals surface area contributed by atoms with Crippen molar-refractivity contribution in [3.05, 3.63) is 40.3 Å². The van der Waals surface area contributed by atoms with E-state index < -0.39 is 0 Å². The van der Waals surface area contributed by atoms with E-state index in [1.54, 1.807) is 24.4 Å². The van der Waals surface area contributed by atoms with Crippen LogP contribution in [0, 0.1) is 0 Å². The molecule has 1 atom stereocenters. The van der Waals surface area contributed by atoms with Crippen LogP contribution in [0.25, 0.3) is 0 Å². The van der Waals surface area contributed by atoms with Gasteiger partial charge in [-0.2, -0.15) is 0 Å². The zero-order chi connectivity index (χ0) is 15.2.